The van der Waals surface area contributed by atoms with E-state index < -0.39 is 21.3 Å². The van der Waals surface area contributed by atoms with Crippen LogP contribution in [0.15, 0.2) is 29.2 Å². The van der Waals surface area contributed by atoms with E-state index in [0.717, 1.165) is 6.07 Å². The predicted molar refractivity (Wildman–Crippen MR) is 56.5 cm³/mol. The highest BCUT2D eigenvalue weighted by Gasteiger charge is 2.65. The lowest BCUT2D eigenvalue weighted by molar-refractivity contribution is 0.190. The van der Waals surface area contributed by atoms with Gasteiger partial charge in [-0.1, -0.05) is 25.5 Å². The minimum atomic E-state index is -9.66. The largest absolute Gasteiger partial charge is 0.473 e. The average Bonchev–Trinajstić information content (AvgIpc) is 2.67. The maximum Gasteiger partial charge on any atom is 0.310 e. The summed E-state index contributed by atoms with van der Waals surface area (Å²) in [6, 6.07) is 2.67. The Morgan fingerprint density at radius 2 is 1.89 bits per heavy atom. The van der Waals surface area contributed by atoms with Crippen molar-refractivity contribution in [3.63, 3.8) is 0 Å². The lowest BCUT2D eigenvalue weighted by atomic mass is 10.3. The van der Waals surface area contributed by atoms with E-state index in [1.165, 1.54) is 6.07 Å². The second-order valence-electron chi connectivity index (χ2n) is 3.70. The van der Waals surface area contributed by atoms with E-state index in [2.05, 4.69) is 16.4 Å². The predicted octanol–water partition coefficient (Wildman–Crippen LogP) is 2.66. The summed E-state index contributed by atoms with van der Waals surface area (Å²) in [4.78, 5) is -1.97. The van der Waals surface area contributed by atoms with Gasteiger partial charge >= 0.3 is 10.2 Å². The topological polar surface area (TPSA) is 45.3 Å². The van der Waals surface area contributed by atoms with Gasteiger partial charge in [-0.15, -0.1) is 0 Å². The maximum absolute atomic E-state index is 12.5. The zero-order valence-electron chi connectivity index (χ0n) is 8.80. The van der Waals surface area contributed by atoms with Crippen LogP contribution in [0.4, 0.5) is 19.4 Å². The van der Waals surface area contributed by atoms with Crippen molar-refractivity contribution in [2.24, 2.45) is 0 Å². The van der Waals surface area contributed by atoms with Crippen LogP contribution in [0.1, 0.15) is 0 Å². The molecule has 1 atom stereocenters. The summed E-state index contributed by atoms with van der Waals surface area (Å²) in [6.45, 7) is 0.278. The standard InChI is InChI=1S/C8H10F5N3OS/c9-18(10,11,12,13)7-3-1-2-6(4-7)17-8-5-14-16-15-8/h1-4,8,14-16H,5H2. The highest BCUT2D eigenvalue weighted by Crippen LogP contribution is 3.02. The molecule has 4 nitrogen and oxygen atoms in total. The molecule has 3 N–H and O–H groups in total. The van der Waals surface area contributed by atoms with Gasteiger partial charge in [0, 0.05) is 6.07 Å². The smallest absolute Gasteiger partial charge is 0.310 e. The third-order valence-corrected chi connectivity index (χ3v) is 3.28. The summed E-state index contributed by atoms with van der Waals surface area (Å²) in [5, 5.41) is 0. The van der Waals surface area contributed by atoms with Crippen LogP contribution < -0.4 is 21.1 Å². The van der Waals surface area contributed by atoms with Crippen LogP contribution in [0, 0.1) is 0 Å². The summed E-state index contributed by atoms with van der Waals surface area (Å²) in [5.74, 6) is -0.288. The number of benzene rings is 1. The van der Waals surface area contributed by atoms with Crippen molar-refractivity contribution in [1.29, 1.82) is 0 Å². The number of hydrogen-bond donors (Lipinski definition) is 3. The summed E-state index contributed by atoms with van der Waals surface area (Å²) in [7, 11) is -9.66. The monoisotopic (exact) mass is 291 g/mol. The number of halogens is 5. The van der Waals surface area contributed by atoms with Gasteiger partial charge in [0.1, 0.15) is 10.6 Å². The number of nitrogens with one attached hydrogen (secondary N) is 3. The van der Waals surface area contributed by atoms with Crippen LogP contribution in [0.5, 0.6) is 5.75 Å². The van der Waals surface area contributed by atoms with E-state index in [0.29, 0.717) is 12.1 Å². The summed E-state index contributed by atoms with van der Waals surface area (Å²) >= 11 is 0. The SMILES string of the molecule is FS(F)(F)(F)(F)c1cccc(OC2CNNN2)c1. The number of hydrogen-bond acceptors (Lipinski definition) is 4. The van der Waals surface area contributed by atoms with Gasteiger partial charge in [0.05, 0.1) is 6.54 Å². The zero-order chi connectivity index (χ0) is 13.5. The summed E-state index contributed by atoms with van der Waals surface area (Å²) < 4.78 is 67.8. The quantitative estimate of drug-likeness (QED) is 0.749. The van der Waals surface area contributed by atoms with Gasteiger partial charge in [-0.2, -0.15) is 5.53 Å². The fourth-order valence-corrected chi connectivity index (χ4v) is 2.02. The highest BCUT2D eigenvalue weighted by atomic mass is 32.5. The first kappa shape index (κ1) is 13.3. The fourth-order valence-electron chi connectivity index (χ4n) is 1.35. The van der Waals surface area contributed by atoms with E-state index in [1.54, 1.807) is 0 Å². The average molecular weight is 291 g/mol. The maximum atomic E-state index is 12.5. The van der Waals surface area contributed by atoms with E-state index in [1.807, 2.05) is 0 Å². The molecule has 10 heteroatoms. The zero-order valence-corrected chi connectivity index (χ0v) is 9.62. The molecule has 18 heavy (non-hydrogen) atoms. The molecule has 2 rings (SSSR count). The summed E-state index contributed by atoms with van der Waals surface area (Å²) in [5.41, 5.74) is 7.61. The Kier molecular flexibility index (Phi) is 2.57. The summed E-state index contributed by atoms with van der Waals surface area (Å²) in [6.07, 6.45) is -0.640. The number of hydrazine groups is 2. The van der Waals surface area contributed by atoms with Crippen LogP contribution in [0.2, 0.25) is 0 Å². The molecule has 0 bridgehead atoms. The van der Waals surface area contributed by atoms with Gasteiger partial charge in [0.25, 0.3) is 0 Å². The van der Waals surface area contributed by atoms with Gasteiger partial charge in [-0.3, -0.25) is 0 Å². The molecule has 0 aromatic heterocycles. The van der Waals surface area contributed by atoms with Gasteiger partial charge in [-0.25, -0.2) is 10.9 Å². The highest BCUT2D eigenvalue weighted by molar-refractivity contribution is 8.45. The third kappa shape index (κ3) is 3.22. The molecule has 1 aromatic rings. The minimum absolute atomic E-state index is 0.278. The van der Waals surface area contributed by atoms with E-state index in [4.69, 9.17) is 4.74 Å². The molecular formula is C8H10F5N3OS. The first-order valence-electron chi connectivity index (χ1n) is 4.79. The Morgan fingerprint density at radius 1 is 1.17 bits per heavy atom. The lowest BCUT2D eigenvalue weighted by Crippen LogP contribution is -2.36. The van der Waals surface area contributed by atoms with Crippen LogP contribution in [-0.2, 0) is 0 Å². The van der Waals surface area contributed by atoms with Crippen LogP contribution >= 0.6 is 10.2 Å². The molecule has 0 saturated carbocycles. The number of ether oxygens (including phenoxy) is 1. The normalized spacial score (nSPS) is 24.4. The van der Waals surface area contributed by atoms with Gasteiger partial charge < -0.3 is 4.74 Å². The Hall–Kier alpha value is -1.10. The first-order valence-corrected chi connectivity index (χ1v) is 6.74. The molecule has 1 heterocycles. The fraction of sp³-hybridized carbons (Fsp3) is 0.250. The van der Waals surface area contributed by atoms with Crippen molar-refractivity contribution >= 4 is 10.2 Å². The molecule has 1 aliphatic heterocycles. The molecule has 1 unspecified atom stereocenters. The second-order valence-corrected chi connectivity index (χ2v) is 6.11. The minimum Gasteiger partial charge on any atom is -0.473 e. The molecule has 104 valence electrons. The lowest BCUT2D eigenvalue weighted by Gasteiger charge is -2.40. The Balaban J connectivity index is 2.26. The molecule has 1 fully saturated rings. The second kappa shape index (κ2) is 3.47. The van der Waals surface area contributed by atoms with Crippen LogP contribution in [-0.4, -0.2) is 12.8 Å². The molecule has 1 aliphatic rings. The van der Waals surface area contributed by atoms with Crippen molar-refractivity contribution in [2.45, 2.75) is 11.1 Å². The van der Waals surface area contributed by atoms with Crippen molar-refractivity contribution in [1.82, 2.24) is 16.4 Å². The Labute approximate surface area is 99.2 Å². The van der Waals surface area contributed by atoms with Crippen molar-refractivity contribution in [3.05, 3.63) is 24.3 Å². The molecule has 1 aromatic carbocycles. The molecule has 0 spiro atoms. The first-order chi connectivity index (χ1) is 8.04. The van der Waals surface area contributed by atoms with Crippen molar-refractivity contribution < 1.29 is 24.2 Å². The Morgan fingerprint density at radius 3 is 2.44 bits per heavy atom. The third-order valence-electron chi connectivity index (χ3n) is 2.14. The molecule has 0 amide bonds. The van der Waals surface area contributed by atoms with Gasteiger partial charge in [-0.05, 0) is 12.1 Å². The van der Waals surface area contributed by atoms with E-state index in [9.17, 15) is 19.4 Å². The molecule has 1 saturated heterocycles. The van der Waals surface area contributed by atoms with E-state index >= 15 is 0 Å². The molecule has 0 aliphatic carbocycles. The number of rotatable bonds is 3. The molecule has 0 radical (unpaired) electrons. The van der Waals surface area contributed by atoms with Crippen molar-refractivity contribution in [2.75, 3.05) is 6.54 Å². The van der Waals surface area contributed by atoms with E-state index in [-0.39, 0.29) is 12.3 Å². The van der Waals surface area contributed by atoms with Gasteiger partial charge in [0.2, 0.25) is 0 Å². The van der Waals surface area contributed by atoms with Crippen molar-refractivity contribution in [3.8, 4) is 5.75 Å². The van der Waals surface area contributed by atoms with Gasteiger partial charge in [0.15, 0.2) is 6.23 Å². The Bertz CT molecular complexity index is 459. The van der Waals surface area contributed by atoms with Crippen LogP contribution in [0.3, 0.4) is 0 Å². The van der Waals surface area contributed by atoms with Crippen LogP contribution in [0.25, 0.3) is 0 Å². The molecular weight excluding hydrogens is 281 g/mol.